The lowest BCUT2D eigenvalue weighted by molar-refractivity contribution is -0.115. The molecule has 1 aromatic heterocycles. The van der Waals surface area contributed by atoms with E-state index in [-0.39, 0.29) is 17.3 Å². The van der Waals surface area contributed by atoms with E-state index in [4.69, 9.17) is 11.0 Å². The number of nitriles is 1. The monoisotopic (exact) mass is 349 g/mol. The van der Waals surface area contributed by atoms with E-state index < -0.39 is 5.25 Å². The van der Waals surface area contributed by atoms with Gasteiger partial charge in [-0.25, -0.2) is 9.97 Å². The molecule has 1 amide bonds. The molecule has 3 N–H and O–H groups in total. The third-order valence-electron chi connectivity index (χ3n) is 3.62. The first-order chi connectivity index (χ1) is 12.1. The molecule has 0 aliphatic rings. The van der Waals surface area contributed by atoms with Gasteiger partial charge in [0.05, 0.1) is 11.4 Å². The van der Waals surface area contributed by atoms with Crippen molar-refractivity contribution in [1.29, 1.82) is 5.26 Å². The van der Waals surface area contributed by atoms with E-state index in [1.807, 2.05) is 48.5 Å². The van der Waals surface area contributed by atoms with Crippen LogP contribution >= 0.6 is 11.8 Å². The summed E-state index contributed by atoms with van der Waals surface area (Å²) in [7, 11) is 0. The quantitative estimate of drug-likeness (QED) is 0.553. The van der Waals surface area contributed by atoms with Crippen LogP contribution in [-0.4, -0.2) is 21.1 Å². The van der Waals surface area contributed by atoms with Gasteiger partial charge in [-0.05, 0) is 18.4 Å². The number of fused-ring (bicyclic) bond motifs is 1. The predicted octanol–water partition coefficient (Wildman–Crippen LogP) is 3.20. The van der Waals surface area contributed by atoms with Gasteiger partial charge in [0.15, 0.2) is 5.16 Å². The molecule has 124 valence electrons. The largest absolute Gasteiger partial charge is 0.382 e. The topological polar surface area (TPSA) is 105 Å². The highest BCUT2D eigenvalue weighted by Gasteiger charge is 2.17. The van der Waals surface area contributed by atoms with Gasteiger partial charge in [-0.3, -0.25) is 4.79 Å². The van der Waals surface area contributed by atoms with Crippen molar-refractivity contribution in [3.05, 3.63) is 54.2 Å². The Bertz CT molecular complexity index is 977. The van der Waals surface area contributed by atoms with E-state index in [0.717, 1.165) is 16.5 Å². The predicted molar refractivity (Wildman–Crippen MR) is 99.1 cm³/mol. The van der Waals surface area contributed by atoms with Crippen LogP contribution in [0.5, 0.6) is 0 Å². The molecule has 1 unspecified atom stereocenters. The molecule has 0 bridgehead atoms. The Morgan fingerprint density at radius 3 is 2.80 bits per heavy atom. The van der Waals surface area contributed by atoms with Crippen molar-refractivity contribution < 1.29 is 4.79 Å². The van der Waals surface area contributed by atoms with Crippen molar-refractivity contribution in [2.24, 2.45) is 0 Å². The highest BCUT2D eigenvalue weighted by atomic mass is 32.2. The molecule has 2 aromatic carbocycles. The van der Waals surface area contributed by atoms with Crippen LogP contribution in [0.4, 0.5) is 11.5 Å². The van der Waals surface area contributed by atoms with Gasteiger partial charge in [0.25, 0.3) is 0 Å². The third kappa shape index (κ3) is 3.70. The van der Waals surface area contributed by atoms with E-state index in [1.54, 1.807) is 6.92 Å². The zero-order valence-corrected chi connectivity index (χ0v) is 14.2. The van der Waals surface area contributed by atoms with Gasteiger partial charge in [-0.2, -0.15) is 5.26 Å². The van der Waals surface area contributed by atoms with Crippen LogP contribution in [0.15, 0.2) is 53.8 Å². The maximum absolute atomic E-state index is 12.5. The van der Waals surface area contributed by atoms with Crippen LogP contribution in [0.25, 0.3) is 10.8 Å². The second-order valence-corrected chi connectivity index (χ2v) is 6.65. The van der Waals surface area contributed by atoms with E-state index in [9.17, 15) is 4.79 Å². The minimum absolute atomic E-state index is 0.113. The number of benzene rings is 2. The van der Waals surface area contributed by atoms with Crippen molar-refractivity contribution in [3.8, 4) is 6.07 Å². The van der Waals surface area contributed by atoms with Crippen LogP contribution in [0.2, 0.25) is 0 Å². The standard InChI is InChI=1S/C18H15N5OS/c1-11(25-18-21-10-13(9-19)16(20)23-18)17(24)22-15-8-4-6-12-5-2-3-7-14(12)15/h2-8,10-11H,1H3,(H,22,24)(H2,20,21,23). The maximum atomic E-state index is 12.5. The normalized spacial score (nSPS) is 11.7. The molecule has 0 spiro atoms. The zero-order valence-electron chi connectivity index (χ0n) is 13.4. The number of nitrogen functional groups attached to an aromatic ring is 1. The Morgan fingerprint density at radius 1 is 1.28 bits per heavy atom. The zero-order chi connectivity index (χ0) is 17.8. The van der Waals surface area contributed by atoms with Gasteiger partial charge in [0, 0.05) is 11.1 Å². The first-order valence-electron chi connectivity index (χ1n) is 7.56. The molecule has 0 fully saturated rings. The Morgan fingerprint density at radius 2 is 2.04 bits per heavy atom. The number of anilines is 2. The lowest BCUT2D eigenvalue weighted by Gasteiger charge is -2.13. The molecule has 0 saturated heterocycles. The van der Waals surface area contributed by atoms with Crippen molar-refractivity contribution in [3.63, 3.8) is 0 Å². The summed E-state index contributed by atoms with van der Waals surface area (Å²) in [6.45, 7) is 1.77. The number of carbonyl (C=O) groups excluding carboxylic acids is 1. The first kappa shape index (κ1) is 16.7. The van der Waals surface area contributed by atoms with Crippen LogP contribution in [0.1, 0.15) is 12.5 Å². The number of nitrogens with two attached hydrogens (primary N) is 1. The molecule has 0 aliphatic carbocycles. The highest BCUT2D eigenvalue weighted by Crippen LogP contribution is 2.26. The van der Waals surface area contributed by atoms with E-state index in [0.29, 0.717) is 5.16 Å². The summed E-state index contributed by atoms with van der Waals surface area (Å²) in [5.74, 6) is -0.0467. The first-order valence-corrected chi connectivity index (χ1v) is 8.44. The summed E-state index contributed by atoms with van der Waals surface area (Å²) >= 11 is 1.19. The lowest BCUT2D eigenvalue weighted by atomic mass is 10.1. The number of aromatic nitrogens is 2. The molecule has 7 heteroatoms. The molecular weight excluding hydrogens is 334 g/mol. The maximum Gasteiger partial charge on any atom is 0.237 e. The van der Waals surface area contributed by atoms with Crippen LogP contribution in [0.3, 0.4) is 0 Å². The highest BCUT2D eigenvalue weighted by molar-refractivity contribution is 8.00. The molecule has 0 saturated carbocycles. The Labute approximate surface area is 149 Å². The Kier molecular flexibility index (Phi) is 4.82. The number of nitrogens with zero attached hydrogens (tertiary/aromatic N) is 3. The fourth-order valence-corrected chi connectivity index (χ4v) is 3.05. The van der Waals surface area contributed by atoms with Gasteiger partial charge >= 0.3 is 0 Å². The second-order valence-electron chi connectivity index (χ2n) is 5.34. The average Bonchev–Trinajstić information content (AvgIpc) is 2.62. The Hall–Kier alpha value is -3.11. The summed E-state index contributed by atoms with van der Waals surface area (Å²) in [6.07, 6.45) is 1.36. The van der Waals surface area contributed by atoms with Gasteiger partial charge in [-0.15, -0.1) is 0 Å². The van der Waals surface area contributed by atoms with E-state index in [2.05, 4.69) is 15.3 Å². The molecule has 1 atom stereocenters. The number of rotatable bonds is 4. The third-order valence-corrected chi connectivity index (χ3v) is 4.59. The molecule has 3 aromatic rings. The van der Waals surface area contributed by atoms with E-state index in [1.165, 1.54) is 18.0 Å². The van der Waals surface area contributed by atoms with Gasteiger partial charge in [0.1, 0.15) is 17.5 Å². The minimum Gasteiger partial charge on any atom is -0.382 e. The number of thioether (sulfide) groups is 1. The minimum atomic E-state index is -0.425. The number of hydrogen-bond acceptors (Lipinski definition) is 6. The smallest absolute Gasteiger partial charge is 0.237 e. The molecule has 3 rings (SSSR count). The van der Waals surface area contributed by atoms with Crippen molar-refractivity contribution in [2.75, 3.05) is 11.1 Å². The second kappa shape index (κ2) is 7.20. The SMILES string of the molecule is CC(Sc1ncc(C#N)c(N)n1)C(=O)Nc1cccc2ccccc12. The molecule has 1 heterocycles. The van der Waals surface area contributed by atoms with Crippen molar-refractivity contribution >= 4 is 39.9 Å². The number of nitrogens with one attached hydrogen (secondary N) is 1. The average molecular weight is 349 g/mol. The number of hydrogen-bond donors (Lipinski definition) is 2. The molecule has 25 heavy (non-hydrogen) atoms. The lowest BCUT2D eigenvalue weighted by Crippen LogP contribution is -2.22. The van der Waals surface area contributed by atoms with Gasteiger partial charge in [-0.1, -0.05) is 48.2 Å². The Balaban J connectivity index is 1.74. The van der Waals surface area contributed by atoms with Crippen LogP contribution < -0.4 is 11.1 Å². The molecule has 0 radical (unpaired) electrons. The number of carbonyl (C=O) groups is 1. The summed E-state index contributed by atoms with van der Waals surface area (Å²) in [5.41, 5.74) is 6.66. The summed E-state index contributed by atoms with van der Waals surface area (Å²) in [6, 6.07) is 15.5. The van der Waals surface area contributed by atoms with Gasteiger partial charge in [0.2, 0.25) is 5.91 Å². The molecular formula is C18H15N5OS. The summed E-state index contributed by atoms with van der Waals surface area (Å²) in [5, 5.41) is 13.8. The number of amides is 1. The van der Waals surface area contributed by atoms with Crippen molar-refractivity contribution in [2.45, 2.75) is 17.3 Å². The van der Waals surface area contributed by atoms with Crippen molar-refractivity contribution in [1.82, 2.24) is 9.97 Å². The van der Waals surface area contributed by atoms with E-state index >= 15 is 0 Å². The molecule has 6 nitrogen and oxygen atoms in total. The van der Waals surface area contributed by atoms with Gasteiger partial charge < -0.3 is 11.1 Å². The summed E-state index contributed by atoms with van der Waals surface area (Å²) in [4.78, 5) is 20.6. The van der Waals surface area contributed by atoms with Crippen LogP contribution in [-0.2, 0) is 4.79 Å². The fraction of sp³-hybridized carbons (Fsp3) is 0.111. The van der Waals surface area contributed by atoms with Crippen LogP contribution in [0, 0.1) is 11.3 Å². The molecule has 0 aliphatic heterocycles. The summed E-state index contributed by atoms with van der Waals surface area (Å²) < 4.78 is 0. The fourth-order valence-electron chi connectivity index (χ4n) is 2.30.